The summed E-state index contributed by atoms with van der Waals surface area (Å²) in [6.07, 6.45) is 4.80. The van der Waals surface area contributed by atoms with Gasteiger partial charge in [0.05, 0.1) is 11.7 Å². The number of ether oxygens (including phenoxy) is 1. The fourth-order valence-electron chi connectivity index (χ4n) is 1.91. The number of anilines is 1. The number of nitrogens with two attached hydrogens (primary N) is 1. The molecule has 6 nitrogen and oxygen atoms in total. The lowest BCUT2D eigenvalue weighted by molar-refractivity contribution is 0.0466. The van der Waals surface area contributed by atoms with Crippen LogP contribution in [0, 0.1) is 0 Å². The highest BCUT2D eigenvalue weighted by Gasteiger charge is 2.11. The van der Waals surface area contributed by atoms with Gasteiger partial charge in [0, 0.05) is 27.8 Å². The number of aromatic nitrogens is 3. The van der Waals surface area contributed by atoms with Crippen molar-refractivity contribution in [2.75, 3.05) is 5.73 Å². The van der Waals surface area contributed by atoms with Crippen LogP contribution in [-0.4, -0.2) is 20.9 Å². The van der Waals surface area contributed by atoms with Crippen molar-refractivity contribution in [3.8, 4) is 0 Å². The van der Waals surface area contributed by atoms with Gasteiger partial charge >= 0.3 is 5.97 Å². The standard InChI is InChI=1S/C15H11BrN4O2/c16-11-4-10(14(17)20-6-11)8-22-15(21)12-5-9-2-1-3-18-13(9)7-19-12/h1-7H,8H2,(H2,17,20). The summed E-state index contributed by atoms with van der Waals surface area (Å²) in [5.74, 6) is -0.197. The third kappa shape index (κ3) is 3.04. The first-order valence-corrected chi connectivity index (χ1v) is 7.20. The molecule has 3 aromatic rings. The summed E-state index contributed by atoms with van der Waals surface area (Å²) in [5, 5.41) is 0.827. The number of nitrogens with zero attached hydrogens (tertiary/aromatic N) is 3. The molecule has 110 valence electrons. The van der Waals surface area contributed by atoms with Gasteiger partial charge in [-0.05, 0) is 34.1 Å². The smallest absolute Gasteiger partial charge is 0.357 e. The third-order valence-corrected chi connectivity index (χ3v) is 3.46. The van der Waals surface area contributed by atoms with Gasteiger partial charge in [-0.15, -0.1) is 0 Å². The van der Waals surface area contributed by atoms with Crippen molar-refractivity contribution in [3.63, 3.8) is 0 Å². The van der Waals surface area contributed by atoms with Gasteiger partial charge in [0.1, 0.15) is 18.1 Å². The van der Waals surface area contributed by atoms with Crippen LogP contribution in [-0.2, 0) is 11.3 Å². The van der Waals surface area contributed by atoms with Crippen LogP contribution in [0.25, 0.3) is 10.9 Å². The number of carbonyl (C=O) groups excluding carboxylic acids is 1. The van der Waals surface area contributed by atoms with Crippen molar-refractivity contribution in [1.82, 2.24) is 15.0 Å². The number of pyridine rings is 3. The van der Waals surface area contributed by atoms with Crippen LogP contribution in [0.15, 0.2) is 47.3 Å². The molecule has 3 aromatic heterocycles. The zero-order valence-corrected chi connectivity index (χ0v) is 12.9. The fourth-order valence-corrected chi connectivity index (χ4v) is 2.29. The van der Waals surface area contributed by atoms with Crippen LogP contribution in [0.3, 0.4) is 0 Å². The average molecular weight is 359 g/mol. The van der Waals surface area contributed by atoms with Gasteiger partial charge in [-0.3, -0.25) is 4.98 Å². The minimum Gasteiger partial charge on any atom is -0.456 e. The monoisotopic (exact) mass is 358 g/mol. The van der Waals surface area contributed by atoms with Crippen molar-refractivity contribution in [2.24, 2.45) is 0 Å². The SMILES string of the molecule is Nc1ncc(Br)cc1COC(=O)c1cc2cccnc2cn1. The van der Waals surface area contributed by atoms with Gasteiger partial charge in [0.25, 0.3) is 0 Å². The first-order chi connectivity index (χ1) is 10.6. The molecular weight excluding hydrogens is 348 g/mol. The number of halogens is 1. The molecule has 7 heteroatoms. The Morgan fingerprint density at radius 3 is 2.95 bits per heavy atom. The highest BCUT2D eigenvalue weighted by Crippen LogP contribution is 2.17. The molecule has 0 fully saturated rings. The van der Waals surface area contributed by atoms with Gasteiger partial charge < -0.3 is 10.5 Å². The van der Waals surface area contributed by atoms with E-state index in [1.807, 2.05) is 6.07 Å². The Morgan fingerprint density at radius 1 is 1.23 bits per heavy atom. The average Bonchev–Trinajstić information content (AvgIpc) is 2.55. The second-order valence-corrected chi connectivity index (χ2v) is 5.46. The number of esters is 1. The Bertz CT molecular complexity index is 854. The molecule has 0 saturated heterocycles. The largest absolute Gasteiger partial charge is 0.456 e. The van der Waals surface area contributed by atoms with Crippen LogP contribution in [0.2, 0.25) is 0 Å². The van der Waals surface area contributed by atoms with Crippen molar-refractivity contribution < 1.29 is 9.53 Å². The minimum absolute atomic E-state index is 0.0316. The molecule has 22 heavy (non-hydrogen) atoms. The molecule has 0 radical (unpaired) electrons. The summed E-state index contributed by atoms with van der Waals surface area (Å²) in [6, 6.07) is 7.06. The first kappa shape index (κ1) is 14.4. The molecule has 0 spiro atoms. The molecule has 0 aliphatic carbocycles. The molecule has 0 amide bonds. The van der Waals surface area contributed by atoms with Gasteiger partial charge in [-0.25, -0.2) is 14.8 Å². The molecule has 3 heterocycles. The van der Waals surface area contributed by atoms with Gasteiger partial charge in [-0.2, -0.15) is 0 Å². The topological polar surface area (TPSA) is 91.0 Å². The third-order valence-electron chi connectivity index (χ3n) is 3.03. The molecule has 0 unspecified atom stereocenters. The molecule has 0 aromatic carbocycles. The molecule has 3 rings (SSSR count). The Labute approximate surface area is 134 Å². The highest BCUT2D eigenvalue weighted by molar-refractivity contribution is 9.10. The van der Waals surface area contributed by atoms with E-state index in [9.17, 15) is 4.79 Å². The number of rotatable bonds is 3. The van der Waals surface area contributed by atoms with E-state index < -0.39 is 5.97 Å². The van der Waals surface area contributed by atoms with E-state index in [1.165, 1.54) is 0 Å². The first-order valence-electron chi connectivity index (χ1n) is 6.41. The Kier molecular flexibility index (Phi) is 3.97. The van der Waals surface area contributed by atoms with E-state index in [2.05, 4.69) is 30.9 Å². The molecule has 0 aliphatic rings. The van der Waals surface area contributed by atoms with E-state index in [0.717, 1.165) is 15.4 Å². The predicted molar refractivity (Wildman–Crippen MR) is 85.0 cm³/mol. The summed E-state index contributed by atoms with van der Waals surface area (Å²) < 4.78 is 6.00. The molecule has 0 aliphatic heterocycles. The molecule has 0 atom stereocenters. The molecular formula is C15H11BrN4O2. The number of carbonyl (C=O) groups is 1. The number of fused-ring (bicyclic) bond motifs is 1. The molecule has 0 bridgehead atoms. The fraction of sp³-hybridized carbons (Fsp3) is 0.0667. The van der Waals surface area contributed by atoms with Gasteiger partial charge in [0.2, 0.25) is 0 Å². The maximum absolute atomic E-state index is 12.1. The van der Waals surface area contributed by atoms with Crippen molar-refractivity contribution in [2.45, 2.75) is 6.61 Å². The zero-order valence-electron chi connectivity index (χ0n) is 11.4. The lowest BCUT2D eigenvalue weighted by Crippen LogP contribution is -2.09. The van der Waals surface area contributed by atoms with E-state index in [4.69, 9.17) is 10.5 Å². The summed E-state index contributed by atoms with van der Waals surface area (Å²) in [7, 11) is 0. The van der Waals surface area contributed by atoms with Crippen LogP contribution >= 0.6 is 15.9 Å². The Balaban J connectivity index is 1.77. The van der Waals surface area contributed by atoms with Crippen LogP contribution in [0.5, 0.6) is 0 Å². The number of nitrogen functional groups attached to an aromatic ring is 1. The summed E-state index contributed by atoms with van der Waals surface area (Å²) in [4.78, 5) is 24.3. The highest BCUT2D eigenvalue weighted by atomic mass is 79.9. The molecule has 0 saturated carbocycles. The van der Waals surface area contributed by atoms with Gasteiger partial charge in [-0.1, -0.05) is 6.07 Å². The maximum Gasteiger partial charge on any atom is 0.357 e. The second-order valence-electron chi connectivity index (χ2n) is 4.54. The summed E-state index contributed by atoms with van der Waals surface area (Å²) in [5.41, 5.74) is 7.32. The zero-order chi connectivity index (χ0) is 15.5. The Hall–Kier alpha value is -2.54. The normalized spacial score (nSPS) is 10.6. The summed E-state index contributed by atoms with van der Waals surface area (Å²) in [6.45, 7) is 0.0316. The predicted octanol–water partition coefficient (Wildman–Crippen LogP) is 2.73. The second kappa shape index (κ2) is 6.07. The number of hydrogen-bond donors (Lipinski definition) is 1. The van der Waals surface area contributed by atoms with Crippen LogP contribution in [0.1, 0.15) is 16.1 Å². The van der Waals surface area contributed by atoms with Crippen LogP contribution < -0.4 is 5.73 Å². The van der Waals surface area contributed by atoms with Crippen molar-refractivity contribution in [3.05, 3.63) is 58.6 Å². The van der Waals surface area contributed by atoms with E-state index >= 15 is 0 Å². The van der Waals surface area contributed by atoms with E-state index in [0.29, 0.717) is 11.4 Å². The van der Waals surface area contributed by atoms with Crippen molar-refractivity contribution >= 4 is 38.6 Å². The number of hydrogen-bond acceptors (Lipinski definition) is 6. The lowest BCUT2D eigenvalue weighted by atomic mass is 10.2. The van der Waals surface area contributed by atoms with E-state index in [-0.39, 0.29) is 12.3 Å². The van der Waals surface area contributed by atoms with Crippen LogP contribution in [0.4, 0.5) is 5.82 Å². The molecule has 2 N–H and O–H groups in total. The Morgan fingerprint density at radius 2 is 2.09 bits per heavy atom. The lowest BCUT2D eigenvalue weighted by Gasteiger charge is -2.07. The van der Waals surface area contributed by atoms with E-state index in [1.54, 1.807) is 36.8 Å². The minimum atomic E-state index is -0.523. The maximum atomic E-state index is 12.1. The van der Waals surface area contributed by atoms with Gasteiger partial charge in [0.15, 0.2) is 0 Å². The quantitative estimate of drug-likeness (QED) is 0.723. The van der Waals surface area contributed by atoms with Crippen molar-refractivity contribution in [1.29, 1.82) is 0 Å². The summed E-state index contributed by atoms with van der Waals surface area (Å²) >= 11 is 3.30.